The van der Waals surface area contributed by atoms with Crippen molar-refractivity contribution < 1.29 is 38.2 Å². The highest BCUT2D eigenvalue weighted by molar-refractivity contribution is 5.72. The van der Waals surface area contributed by atoms with Crippen LogP contribution < -0.4 is 0 Å². The number of aliphatic carboxylic acids is 1. The molecule has 8 heteroatoms. The second kappa shape index (κ2) is 40.1. The number of carbonyl (C=O) groups is 3. The van der Waals surface area contributed by atoms with Crippen LogP contribution >= 0.6 is 0 Å². The van der Waals surface area contributed by atoms with E-state index in [2.05, 4.69) is 62.5 Å². The Hall–Kier alpha value is -2.71. The molecular formula is C49H88NO7+. The van der Waals surface area contributed by atoms with Gasteiger partial charge in [0, 0.05) is 19.3 Å². The molecule has 0 amide bonds. The Labute approximate surface area is 350 Å². The maximum absolute atomic E-state index is 12.7. The van der Waals surface area contributed by atoms with Gasteiger partial charge in [-0.3, -0.25) is 9.59 Å². The molecule has 0 bridgehead atoms. The minimum absolute atomic E-state index is 0.0469. The minimum atomic E-state index is -0.882. The topological polar surface area (TPSA) is 99.1 Å². The van der Waals surface area contributed by atoms with E-state index in [9.17, 15) is 19.5 Å². The highest BCUT2D eigenvalue weighted by atomic mass is 16.6. The smallest absolute Gasteiger partial charge is 0.362 e. The molecule has 57 heavy (non-hydrogen) atoms. The van der Waals surface area contributed by atoms with Crippen LogP contribution in [0.25, 0.3) is 0 Å². The van der Waals surface area contributed by atoms with Gasteiger partial charge in [0.2, 0.25) is 0 Å². The predicted octanol–water partition coefficient (Wildman–Crippen LogP) is 12.8. The van der Waals surface area contributed by atoms with Crippen LogP contribution in [0.15, 0.2) is 48.6 Å². The van der Waals surface area contributed by atoms with Crippen LogP contribution in [-0.4, -0.2) is 80.6 Å². The molecule has 0 rings (SSSR count). The number of ether oxygens (including phenoxy) is 3. The van der Waals surface area contributed by atoms with Crippen molar-refractivity contribution in [3.63, 3.8) is 0 Å². The van der Waals surface area contributed by atoms with Gasteiger partial charge in [0.15, 0.2) is 12.1 Å². The summed E-state index contributed by atoms with van der Waals surface area (Å²) in [5.41, 5.74) is 0. The molecule has 0 heterocycles. The zero-order valence-corrected chi connectivity index (χ0v) is 37.5. The highest BCUT2D eigenvalue weighted by Gasteiger charge is 2.31. The predicted molar refractivity (Wildman–Crippen MR) is 238 cm³/mol. The van der Waals surface area contributed by atoms with E-state index in [1.165, 1.54) is 96.3 Å². The fourth-order valence-electron chi connectivity index (χ4n) is 6.57. The maximum atomic E-state index is 12.7. The Balaban J connectivity index is 4.26. The zero-order valence-electron chi connectivity index (χ0n) is 37.5. The first-order valence-corrected chi connectivity index (χ1v) is 23.2. The van der Waals surface area contributed by atoms with Crippen LogP contribution in [0.4, 0.5) is 0 Å². The zero-order chi connectivity index (χ0) is 42.1. The Kier molecular flexibility index (Phi) is 38.2. The fourth-order valence-corrected chi connectivity index (χ4v) is 6.57. The molecule has 0 spiro atoms. The minimum Gasteiger partial charge on any atom is -0.477 e. The molecule has 0 radical (unpaired) electrons. The fraction of sp³-hybridized carbons (Fsp3) is 0.776. The second-order valence-corrected chi connectivity index (χ2v) is 16.7. The van der Waals surface area contributed by atoms with Gasteiger partial charge in [-0.15, -0.1) is 0 Å². The highest BCUT2D eigenvalue weighted by Crippen LogP contribution is 2.14. The van der Waals surface area contributed by atoms with Crippen molar-refractivity contribution in [1.29, 1.82) is 0 Å². The number of carboxylic acids is 1. The molecule has 0 aliphatic rings. The molecule has 0 aromatic heterocycles. The summed E-state index contributed by atoms with van der Waals surface area (Å²) >= 11 is 0. The van der Waals surface area contributed by atoms with E-state index in [0.717, 1.165) is 64.2 Å². The van der Waals surface area contributed by atoms with Gasteiger partial charge in [0.25, 0.3) is 0 Å². The Morgan fingerprint density at radius 1 is 0.544 bits per heavy atom. The van der Waals surface area contributed by atoms with E-state index < -0.39 is 18.1 Å². The Bertz CT molecular complexity index is 1070. The molecule has 0 aliphatic carbocycles. The molecular weight excluding hydrogens is 715 g/mol. The van der Waals surface area contributed by atoms with Gasteiger partial charge in [-0.05, 0) is 64.2 Å². The second-order valence-electron chi connectivity index (χ2n) is 16.7. The quantitative estimate of drug-likeness (QED) is 0.0216. The largest absolute Gasteiger partial charge is 0.477 e. The van der Waals surface area contributed by atoms with Crippen LogP contribution in [0, 0.1) is 0 Å². The molecule has 0 aromatic rings. The molecule has 1 N–H and O–H groups in total. The van der Waals surface area contributed by atoms with Gasteiger partial charge in [-0.2, -0.15) is 0 Å². The van der Waals surface area contributed by atoms with Crippen molar-refractivity contribution >= 4 is 17.9 Å². The molecule has 0 aromatic carbocycles. The number of unbranched alkanes of at least 4 members (excludes halogenated alkanes) is 20. The van der Waals surface area contributed by atoms with Gasteiger partial charge < -0.3 is 23.8 Å². The molecule has 2 atom stereocenters. The van der Waals surface area contributed by atoms with E-state index in [0.29, 0.717) is 19.3 Å². The number of carboxylic acid groups (broad SMARTS) is 1. The average molecular weight is 803 g/mol. The molecule has 8 nitrogen and oxygen atoms in total. The first-order chi connectivity index (χ1) is 27.6. The first-order valence-electron chi connectivity index (χ1n) is 23.2. The third-order valence-electron chi connectivity index (χ3n) is 10.2. The van der Waals surface area contributed by atoms with Crippen molar-refractivity contribution in [1.82, 2.24) is 0 Å². The Morgan fingerprint density at radius 3 is 1.53 bits per heavy atom. The lowest BCUT2D eigenvalue weighted by molar-refractivity contribution is -0.887. The lowest BCUT2D eigenvalue weighted by atomic mass is 10.1. The van der Waals surface area contributed by atoms with Gasteiger partial charge in [-0.1, -0.05) is 159 Å². The van der Waals surface area contributed by atoms with Gasteiger partial charge in [0.05, 0.1) is 34.4 Å². The number of allylic oxidation sites excluding steroid dienone is 8. The number of hydrogen-bond acceptors (Lipinski definition) is 6. The third-order valence-corrected chi connectivity index (χ3v) is 10.2. The van der Waals surface area contributed by atoms with Crippen molar-refractivity contribution in [2.75, 3.05) is 41.0 Å². The van der Waals surface area contributed by atoms with E-state index in [4.69, 9.17) is 14.2 Å². The monoisotopic (exact) mass is 803 g/mol. The number of esters is 2. The van der Waals surface area contributed by atoms with Crippen LogP contribution in [0.5, 0.6) is 0 Å². The van der Waals surface area contributed by atoms with E-state index in [1.54, 1.807) is 0 Å². The van der Waals surface area contributed by atoms with Crippen LogP contribution in [-0.2, 0) is 28.6 Å². The summed E-state index contributed by atoms with van der Waals surface area (Å²) < 4.78 is 17.2. The van der Waals surface area contributed by atoms with Crippen molar-refractivity contribution in [2.24, 2.45) is 0 Å². The van der Waals surface area contributed by atoms with Gasteiger partial charge >= 0.3 is 17.9 Å². The van der Waals surface area contributed by atoms with Gasteiger partial charge in [0.1, 0.15) is 6.61 Å². The van der Waals surface area contributed by atoms with E-state index in [1.807, 2.05) is 21.1 Å². The standard InChI is InChI=1S/C49H87NO7/c1-6-8-10-12-14-16-18-19-20-21-22-23-24-25-26-27-28-30-31-33-35-37-39-47(51)56-44-45(43-55-42-41-46(49(53)54)50(3,4)5)57-48(52)40-38-36-34-32-29-17-15-13-11-9-7-2/h13,15,17,21-22,24-25,29,45-46H,6-12,14,16,18-20,23,26-28,30-44H2,1-5H3/p+1/b15-13+,22-21+,25-24+,29-17+. The number of nitrogens with zero attached hydrogens (tertiary/aromatic N) is 1. The third kappa shape index (κ3) is 38.6. The summed E-state index contributed by atoms with van der Waals surface area (Å²) in [5, 5.41) is 9.61. The lowest BCUT2D eigenvalue weighted by Crippen LogP contribution is -2.50. The summed E-state index contributed by atoms with van der Waals surface area (Å²) in [6.45, 7) is 4.64. The normalized spacial score (nSPS) is 13.4. The van der Waals surface area contributed by atoms with Crippen LogP contribution in [0.1, 0.15) is 194 Å². The van der Waals surface area contributed by atoms with Crippen molar-refractivity contribution in [2.45, 2.75) is 206 Å². The first kappa shape index (κ1) is 54.3. The maximum Gasteiger partial charge on any atom is 0.362 e. The van der Waals surface area contributed by atoms with Crippen molar-refractivity contribution in [3.8, 4) is 0 Å². The molecule has 0 saturated carbocycles. The molecule has 0 aliphatic heterocycles. The molecule has 330 valence electrons. The number of rotatable bonds is 41. The lowest BCUT2D eigenvalue weighted by Gasteiger charge is -2.31. The number of quaternary nitrogens is 1. The summed E-state index contributed by atoms with van der Waals surface area (Å²) in [7, 11) is 5.51. The molecule has 0 fully saturated rings. The SMILES string of the molecule is CCCC/C=C/C=C/CCCCCC(=O)OC(COCCC(C(=O)O)[N+](C)(C)C)COC(=O)CCCCCCCCC/C=C/C/C=C/CCCCCCCCCC. The Morgan fingerprint density at radius 2 is 1.00 bits per heavy atom. The van der Waals surface area contributed by atoms with Crippen molar-refractivity contribution in [3.05, 3.63) is 48.6 Å². The summed E-state index contributed by atoms with van der Waals surface area (Å²) in [4.78, 5) is 36.9. The number of carbonyl (C=O) groups excluding carboxylic acids is 2. The van der Waals surface area contributed by atoms with E-state index in [-0.39, 0.29) is 36.2 Å². The number of hydrogen-bond donors (Lipinski definition) is 1. The summed E-state index contributed by atoms with van der Waals surface area (Å²) in [6, 6.07) is -0.621. The van der Waals surface area contributed by atoms with E-state index >= 15 is 0 Å². The van der Waals surface area contributed by atoms with Crippen LogP contribution in [0.3, 0.4) is 0 Å². The molecule has 2 unspecified atom stereocenters. The van der Waals surface area contributed by atoms with Gasteiger partial charge in [-0.25, -0.2) is 4.79 Å². The average Bonchev–Trinajstić information content (AvgIpc) is 3.17. The summed E-state index contributed by atoms with van der Waals surface area (Å²) in [5.74, 6) is -1.51. The molecule has 0 saturated heterocycles. The summed E-state index contributed by atoms with van der Waals surface area (Å²) in [6.07, 6.45) is 47.4. The van der Waals surface area contributed by atoms with Crippen LogP contribution in [0.2, 0.25) is 0 Å². The number of likely N-dealkylation sites (N-methyl/N-ethyl adjacent to an activating group) is 1.